The van der Waals surface area contributed by atoms with Gasteiger partial charge in [-0.15, -0.1) is 0 Å². The quantitative estimate of drug-likeness (QED) is 0.647. The van der Waals surface area contributed by atoms with Gasteiger partial charge in [0.25, 0.3) is 0 Å². The molecule has 0 aromatic heterocycles. The van der Waals surface area contributed by atoms with Crippen LogP contribution in [0.3, 0.4) is 0 Å². The molecule has 0 fully saturated rings. The Hall–Kier alpha value is -2.04. The average molecular weight is 221 g/mol. The van der Waals surface area contributed by atoms with E-state index in [1.807, 2.05) is 24.3 Å². The predicted molar refractivity (Wildman–Crippen MR) is 55.0 cm³/mol. The summed E-state index contributed by atoms with van der Waals surface area (Å²) in [7, 11) is 0. The van der Waals surface area contributed by atoms with Gasteiger partial charge in [0.05, 0.1) is 6.54 Å². The fraction of sp³-hybridized carbons (Fsp3) is 0.273. The number of para-hydroxylation sites is 1. The molecule has 5 heteroatoms. The number of aliphatic carboxylic acids is 1. The molecule has 0 aliphatic carbocycles. The lowest BCUT2D eigenvalue weighted by molar-refractivity contribution is -0.156. The number of fused-ring (bicyclic) bond motifs is 1. The number of amides is 1. The van der Waals surface area contributed by atoms with Gasteiger partial charge in [-0.2, -0.15) is 0 Å². The number of rotatable bonds is 0. The summed E-state index contributed by atoms with van der Waals surface area (Å²) in [6, 6.07) is 7.30. The van der Waals surface area contributed by atoms with Crippen molar-refractivity contribution >= 4 is 11.9 Å². The second kappa shape index (κ2) is 4.22. The molecule has 1 amide bonds. The van der Waals surface area contributed by atoms with Crippen molar-refractivity contribution < 1.29 is 19.4 Å². The number of carbonyl (C=O) groups excluding carboxylic acids is 1. The van der Waals surface area contributed by atoms with Crippen LogP contribution in [0.25, 0.3) is 0 Å². The molecule has 1 aliphatic heterocycles. The number of nitrogens with zero attached hydrogens (tertiary/aromatic N) is 1. The number of ether oxygens (including phenoxy) is 1. The molecule has 0 radical (unpaired) electrons. The molecule has 1 N–H and O–H groups in total. The van der Waals surface area contributed by atoms with Crippen LogP contribution in [0.2, 0.25) is 0 Å². The number of hydrogen-bond donors (Lipinski definition) is 1. The molecule has 84 valence electrons. The SMILES string of the molecule is O=C(O)C(=O)N1CCOc2ccccc2C1. The topological polar surface area (TPSA) is 66.8 Å². The van der Waals surface area contributed by atoms with Gasteiger partial charge < -0.3 is 14.7 Å². The van der Waals surface area contributed by atoms with Crippen molar-refractivity contribution in [3.8, 4) is 5.75 Å². The molecule has 1 aliphatic rings. The van der Waals surface area contributed by atoms with Crippen LogP contribution in [0, 0.1) is 0 Å². The van der Waals surface area contributed by atoms with Crippen LogP contribution in [-0.2, 0) is 16.1 Å². The zero-order valence-electron chi connectivity index (χ0n) is 8.55. The number of benzene rings is 1. The average Bonchev–Trinajstić information content (AvgIpc) is 2.49. The third-order valence-corrected chi connectivity index (χ3v) is 2.42. The standard InChI is InChI=1S/C11H11NO4/c13-10(11(14)15)12-5-6-16-9-4-2-1-3-8(9)7-12/h1-4H,5-7H2,(H,14,15). The highest BCUT2D eigenvalue weighted by Gasteiger charge is 2.24. The number of carboxylic acid groups (broad SMARTS) is 1. The molecule has 16 heavy (non-hydrogen) atoms. The van der Waals surface area contributed by atoms with Crippen molar-refractivity contribution in [2.24, 2.45) is 0 Å². The second-order valence-electron chi connectivity index (χ2n) is 3.49. The van der Waals surface area contributed by atoms with E-state index < -0.39 is 11.9 Å². The zero-order chi connectivity index (χ0) is 11.5. The highest BCUT2D eigenvalue weighted by Crippen LogP contribution is 2.22. The van der Waals surface area contributed by atoms with Gasteiger partial charge in [0, 0.05) is 12.1 Å². The van der Waals surface area contributed by atoms with Gasteiger partial charge in [-0.1, -0.05) is 18.2 Å². The van der Waals surface area contributed by atoms with Crippen LogP contribution >= 0.6 is 0 Å². The summed E-state index contributed by atoms with van der Waals surface area (Å²) < 4.78 is 5.42. The van der Waals surface area contributed by atoms with Crippen molar-refractivity contribution in [3.05, 3.63) is 29.8 Å². The summed E-state index contributed by atoms with van der Waals surface area (Å²) in [5.74, 6) is -1.61. The van der Waals surface area contributed by atoms with Crippen LogP contribution in [0.15, 0.2) is 24.3 Å². The predicted octanol–water partition coefficient (Wildman–Crippen LogP) is 0.492. The summed E-state index contributed by atoms with van der Waals surface area (Å²) in [6.07, 6.45) is 0. The lowest BCUT2D eigenvalue weighted by Gasteiger charge is -2.16. The minimum Gasteiger partial charge on any atom is -0.491 e. The van der Waals surface area contributed by atoms with E-state index in [9.17, 15) is 9.59 Å². The minimum absolute atomic E-state index is 0.279. The van der Waals surface area contributed by atoms with Crippen molar-refractivity contribution in [1.82, 2.24) is 4.90 Å². The summed E-state index contributed by atoms with van der Waals surface area (Å²) in [5, 5.41) is 8.64. The van der Waals surface area contributed by atoms with Gasteiger partial charge >= 0.3 is 11.9 Å². The maximum atomic E-state index is 11.3. The molecule has 5 nitrogen and oxygen atoms in total. The molecule has 0 saturated carbocycles. The van der Waals surface area contributed by atoms with E-state index in [-0.39, 0.29) is 6.54 Å². The van der Waals surface area contributed by atoms with E-state index in [1.165, 1.54) is 4.90 Å². The normalized spacial score (nSPS) is 14.6. The van der Waals surface area contributed by atoms with Crippen molar-refractivity contribution in [2.45, 2.75) is 6.54 Å². The maximum absolute atomic E-state index is 11.3. The van der Waals surface area contributed by atoms with Crippen LogP contribution < -0.4 is 4.74 Å². The largest absolute Gasteiger partial charge is 0.491 e. The van der Waals surface area contributed by atoms with Gasteiger partial charge in [0.2, 0.25) is 0 Å². The lowest BCUT2D eigenvalue weighted by atomic mass is 10.2. The van der Waals surface area contributed by atoms with E-state index >= 15 is 0 Å². The molecule has 1 aromatic carbocycles. The minimum atomic E-state index is -1.43. The molecular formula is C11H11NO4. The Morgan fingerprint density at radius 2 is 2.06 bits per heavy atom. The van der Waals surface area contributed by atoms with E-state index in [2.05, 4.69) is 0 Å². The van der Waals surface area contributed by atoms with Crippen LogP contribution in [0.1, 0.15) is 5.56 Å². The van der Waals surface area contributed by atoms with Gasteiger partial charge in [0.15, 0.2) is 0 Å². The summed E-state index contributed by atoms with van der Waals surface area (Å²) in [4.78, 5) is 23.2. The molecule has 1 heterocycles. The third-order valence-electron chi connectivity index (χ3n) is 2.42. The first-order valence-corrected chi connectivity index (χ1v) is 4.91. The van der Waals surface area contributed by atoms with E-state index in [4.69, 9.17) is 9.84 Å². The van der Waals surface area contributed by atoms with Crippen LogP contribution in [0.5, 0.6) is 5.75 Å². The molecule has 0 bridgehead atoms. The number of carbonyl (C=O) groups is 2. The van der Waals surface area contributed by atoms with E-state index in [0.29, 0.717) is 18.9 Å². The number of carboxylic acids is 1. The molecule has 0 unspecified atom stereocenters. The second-order valence-corrected chi connectivity index (χ2v) is 3.49. The Balaban J connectivity index is 2.23. The highest BCUT2D eigenvalue weighted by molar-refractivity contribution is 6.31. The Kier molecular flexibility index (Phi) is 2.76. The maximum Gasteiger partial charge on any atom is 0.394 e. The fourth-order valence-electron chi connectivity index (χ4n) is 1.63. The first kappa shape index (κ1) is 10.5. The lowest BCUT2D eigenvalue weighted by Crippen LogP contribution is -2.37. The van der Waals surface area contributed by atoms with Gasteiger partial charge in [-0.25, -0.2) is 4.79 Å². The summed E-state index contributed by atoms with van der Waals surface area (Å²) >= 11 is 0. The summed E-state index contributed by atoms with van der Waals surface area (Å²) in [6.45, 7) is 0.886. The van der Waals surface area contributed by atoms with Crippen molar-refractivity contribution in [1.29, 1.82) is 0 Å². The Morgan fingerprint density at radius 3 is 2.81 bits per heavy atom. The molecule has 0 atom stereocenters. The molecule has 1 aromatic rings. The first-order chi connectivity index (χ1) is 7.68. The van der Waals surface area contributed by atoms with Crippen LogP contribution in [-0.4, -0.2) is 35.0 Å². The molecule has 0 saturated heterocycles. The Bertz CT molecular complexity index is 430. The Labute approximate surface area is 92.2 Å². The summed E-state index contributed by atoms with van der Waals surface area (Å²) in [5.41, 5.74) is 0.828. The number of hydrogen-bond acceptors (Lipinski definition) is 3. The molecular weight excluding hydrogens is 210 g/mol. The van der Waals surface area contributed by atoms with Gasteiger partial charge in [-0.05, 0) is 6.07 Å². The van der Waals surface area contributed by atoms with Crippen molar-refractivity contribution in [2.75, 3.05) is 13.2 Å². The molecule has 0 spiro atoms. The van der Waals surface area contributed by atoms with Gasteiger partial charge in [-0.3, -0.25) is 4.79 Å². The smallest absolute Gasteiger partial charge is 0.394 e. The highest BCUT2D eigenvalue weighted by atomic mass is 16.5. The zero-order valence-corrected chi connectivity index (χ0v) is 8.55. The first-order valence-electron chi connectivity index (χ1n) is 4.91. The monoisotopic (exact) mass is 221 g/mol. The third kappa shape index (κ3) is 1.98. The van der Waals surface area contributed by atoms with Gasteiger partial charge in [0.1, 0.15) is 12.4 Å². The van der Waals surface area contributed by atoms with Crippen molar-refractivity contribution in [3.63, 3.8) is 0 Å². The van der Waals surface area contributed by atoms with E-state index in [1.54, 1.807) is 0 Å². The van der Waals surface area contributed by atoms with E-state index in [0.717, 1.165) is 5.56 Å². The molecule has 2 rings (SSSR count). The fourth-order valence-corrected chi connectivity index (χ4v) is 1.63. The van der Waals surface area contributed by atoms with Crippen LogP contribution in [0.4, 0.5) is 0 Å². The Morgan fingerprint density at radius 1 is 1.31 bits per heavy atom.